The number of benzene rings is 1. The number of ether oxygens (including phenoxy) is 1. The van der Waals surface area contributed by atoms with E-state index in [2.05, 4.69) is 10.5 Å². The highest BCUT2D eigenvalue weighted by molar-refractivity contribution is 5.98. The van der Waals surface area contributed by atoms with Gasteiger partial charge in [0, 0.05) is 11.6 Å². The van der Waals surface area contributed by atoms with Gasteiger partial charge in [-0.15, -0.1) is 0 Å². The van der Waals surface area contributed by atoms with Crippen LogP contribution in [0.1, 0.15) is 19.4 Å². The van der Waals surface area contributed by atoms with E-state index < -0.39 is 0 Å². The summed E-state index contributed by atoms with van der Waals surface area (Å²) in [6.45, 7) is 3.89. The number of hydrogen-bond acceptors (Lipinski definition) is 3. The minimum absolute atomic E-state index is 0.127. The smallest absolute Gasteiger partial charge is 0.152 e. The van der Waals surface area contributed by atoms with E-state index in [9.17, 15) is 0 Å². The first-order valence-corrected chi connectivity index (χ1v) is 4.79. The fourth-order valence-electron chi connectivity index (χ4n) is 1.18. The molecule has 1 aromatic rings. The summed E-state index contributed by atoms with van der Waals surface area (Å²) in [4.78, 5) is 4.24. The van der Waals surface area contributed by atoms with Crippen LogP contribution in [0.15, 0.2) is 29.3 Å². The molecule has 1 aromatic carbocycles. The zero-order chi connectivity index (χ0) is 11.3. The maximum atomic E-state index is 8.94. The lowest BCUT2D eigenvalue weighted by atomic mass is 10.2. The van der Waals surface area contributed by atoms with E-state index in [1.165, 1.54) is 0 Å². The van der Waals surface area contributed by atoms with Crippen molar-refractivity contribution in [1.29, 1.82) is 0 Å². The molecule has 0 fully saturated rings. The molecule has 0 unspecified atom stereocenters. The molecule has 2 N–H and O–H groups in total. The average Bonchev–Trinajstić information content (AvgIpc) is 2.26. The molecule has 0 aliphatic heterocycles. The largest absolute Gasteiger partial charge is 0.497 e. The quantitative estimate of drug-likeness (QED) is 0.452. The van der Waals surface area contributed by atoms with Crippen molar-refractivity contribution in [3.05, 3.63) is 29.8 Å². The molecule has 4 heteroatoms. The molecule has 0 aliphatic carbocycles. The number of aliphatic imine (C=N–C) groups is 1. The summed E-state index contributed by atoms with van der Waals surface area (Å²) in [5.74, 6) is 1.24. The van der Waals surface area contributed by atoms with Crippen LogP contribution in [-0.2, 0) is 0 Å². The topological polar surface area (TPSA) is 53.8 Å². The third-order valence-electron chi connectivity index (χ3n) is 1.86. The molecule has 0 spiro atoms. The fourth-order valence-corrected chi connectivity index (χ4v) is 1.18. The van der Waals surface area contributed by atoms with Crippen molar-refractivity contribution in [2.24, 2.45) is 4.99 Å². The van der Waals surface area contributed by atoms with Gasteiger partial charge in [-0.3, -0.25) is 15.7 Å². The highest BCUT2D eigenvalue weighted by atomic mass is 16.5. The molecule has 4 nitrogen and oxygen atoms in total. The van der Waals surface area contributed by atoms with Crippen molar-refractivity contribution < 1.29 is 9.94 Å². The Morgan fingerprint density at radius 1 is 1.33 bits per heavy atom. The van der Waals surface area contributed by atoms with Gasteiger partial charge in [-0.1, -0.05) is 0 Å². The van der Waals surface area contributed by atoms with Gasteiger partial charge in [0.05, 0.1) is 7.11 Å². The maximum Gasteiger partial charge on any atom is 0.152 e. The molecule has 1 rings (SSSR count). The number of nitrogens with one attached hydrogen (secondary N) is 1. The molecule has 0 heterocycles. The zero-order valence-corrected chi connectivity index (χ0v) is 9.19. The van der Waals surface area contributed by atoms with Crippen LogP contribution in [0.5, 0.6) is 5.75 Å². The van der Waals surface area contributed by atoms with Crippen LogP contribution in [0.3, 0.4) is 0 Å². The van der Waals surface area contributed by atoms with Gasteiger partial charge in [0.2, 0.25) is 0 Å². The molecule has 0 aliphatic rings. The van der Waals surface area contributed by atoms with E-state index in [0.717, 1.165) is 11.3 Å². The van der Waals surface area contributed by atoms with Gasteiger partial charge in [0.1, 0.15) is 5.75 Å². The lowest BCUT2D eigenvalue weighted by Crippen LogP contribution is -2.21. The lowest BCUT2D eigenvalue weighted by Gasteiger charge is -2.07. The first kappa shape index (κ1) is 11.5. The van der Waals surface area contributed by atoms with Gasteiger partial charge in [0.25, 0.3) is 0 Å². The number of nitrogens with zero attached hydrogens (tertiary/aromatic N) is 1. The number of amidine groups is 1. The van der Waals surface area contributed by atoms with Gasteiger partial charge < -0.3 is 4.74 Å². The second-order valence-electron chi connectivity index (χ2n) is 3.41. The summed E-state index contributed by atoms with van der Waals surface area (Å²) in [7, 11) is 1.61. The monoisotopic (exact) mass is 208 g/mol. The first-order valence-electron chi connectivity index (χ1n) is 4.79. The average molecular weight is 208 g/mol. The summed E-state index contributed by atoms with van der Waals surface area (Å²) in [6.07, 6.45) is 0. The third-order valence-corrected chi connectivity index (χ3v) is 1.86. The molecule has 0 saturated carbocycles. The normalized spacial score (nSPS) is 11.7. The Balaban J connectivity index is 2.93. The van der Waals surface area contributed by atoms with Crippen LogP contribution in [0.25, 0.3) is 0 Å². The van der Waals surface area contributed by atoms with Crippen molar-refractivity contribution >= 4 is 5.84 Å². The Kier molecular flexibility index (Phi) is 4.12. The van der Waals surface area contributed by atoms with Gasteiger partial charge >= 0.3 is 0 Å². The minimum atomic E-state index is 0.127. The third kappa shape index (κ3) is 3.25. The standard InChI is InChI=1S/C11H16N2O2/c1-8(2)12-11(13-14)9-4-6-10(15-3)7-5-9/h4-8,14H,1-3H3,(H,12,13). The summed E-state index contributed by atoms with van der Waals surface area (Å²) >= 11 is 0. The van der Waals surface area contributed by atoms with Crippen LogP contribution in [-0.4, -0.2) is 24.2 Å². The van der Waals surface area contributed by atoms with Crippen molar-refractivity contribution in [1.82, 2.24) is 5.48 Å². The van der Waals surface area contributed by atoms with E-state index in [4.69, 9.17) is 9.94 Å². The second kappa shape index (κ2) is 5.36. The molecule has 0 radical (unpaired) electrons. The Morgan fingerprint density at radius 2 is 1.93 bits per heavy atom. The van der Waals surface area contributed by atoms with Gasteiger partial charge in [-0.05, 0) is 38.1 Å². The summed E-state index contributed by atoms with van der Waals surface area (Å²) in [6, 6.07) is 7.44. The van der Waals surface area contributed by atoms with Crippen molar-refractivity contribution in [2.45, 2.75) is 19.9 Å². The number of hydroxylamine groups is 1. The molecular weight excluding hydrogens is 192 g/mol. The summed E-state index contributed by atoms with van der Waals surface area (Å²) in [5, 5.41) is 8.94. The van der Waals surface area contributed by atoms with Crippen LogP contribution in [0.2, 0.25) is 0 Å². The second-order valence-corrected chi connectivity index (χ2v) is 3.41. The predicted octanol–water partition coefficient (Wildman–Crippen LogP) is 1.83. The van der Waals surface area contributed by atoms with Gasteiger partial charge in [-0.25, -0.2) is 0 Å². The van der Waals surface area contributed by atoms with Crippen LogP contribution in [0, 0.1) is 0 Å². The molecular formula is C11H16N2O2. The van der Waals surface area contributed by atoms with E-state index >= 15 is 0 Å². The summed E-state index contributed by atoms with van der Waals surface area (Å²) in [5.41, 5.74) is 2.92. The lowest BCUT2D eigenvalue weighted by molar-refractivity contribution is 0.234. The van der Waals surface area contributed by atoms with Gasteiger partial charge in [0.15, 0.2) is 5.84 Å². The molecule has 15 heavy (non-hydrogen) atoms. The Morgan fingerprint density at radius 3 is 2.33 bits per heavy atom. The van der Waals surface area contributed by atoms with Crippen LogP contribution < -0.4 is 10.2 Å². The molecule has 0 saturated heterocycles. The molecule has 0 bridgehead atoms. The molecule has 82 valence electrons. The Bertz CT molecular complexity index is 331. The Labute approximate surface area is 89.6 Å². The van der Waals surface area contributed by atoms with E-state index in [0.29, 0.717) is 5.84 Å². The van der Waals surface area contributed by atoms with Gasteiger partial charge in [-0.2, -0.15) is 0 Å². The molecule has 0 atom stereocenters. The maximum absolute atomic E-state index is 8.94. The molecule has 0 amide bonds. The number of rotatable bonds is 3. The minimum Gasteiger partial charge on any atom is -0.497 e. The predicted molar refractivity (Wildman–Crippen MR) is 59.6 cm³/mol. The number of hydrogen-bond donors (Lipinski definition) is 2. The van der Waals surface area contributed by atoms with Crippen molar-refractivity contribution in [2.75, 3.05) is 7.11 Å². The van der Waals surface area contributed by atoms with E-state index in [1.54, 1.807) is 7.11 Å². The highest BCUT2D eigenvalue weighted by Gasteiger charge is 2.03. The van der Waals surface area contributed by atoms with Crippen LogP contribution >= 0.6 is 0 Å². The molecule has 0 aromatic heterocycles. The summed E-state index contributed by atoms with van der Waals surface area (Å²) < 4.78 is 5.04. The first-order chi connectivity index (χ1) is 7.17. The van der Waals surface area contributed by atoms with Crippen LogP contribution in [0.4, 0.5) is 0 Å². The Hall–Kier alpha value is -1.55. The fraction of sp³-hybridized carbons (Fsp3) is 0.364. The SMILES string of the molecule is COc1ccc(C(=NC(C)C)NO)cc1. The van der Waals surface area contributed by atoms with E-state index in [1.807, 2.05) is 38.1 Å². The zero-order valence-electron chi connectivity index (χ0n) is 9.19. The van der Waals surface area contributed by atoms with E-state index in [-0.39, 0.29) is 6.04 Å². The van der Waals surface area contributed by atoms with Crippen molar-refractivity contribution in [3.8, 4) is 5.75 Å². The number of methoxy groups -OCH3 is 1. The highest BCUT2D eigenvalue weighted by Crippen LogP contribution is 2.11. The van der Waals surface area contributed by atoms with Crippen molar-refractivity contribution in [3.63, 3.8) is 0 Å².